The molecule has 0 unspecified atom stereocenters. The number of aryl methyl sites for hydroxylation is 1. The molecule has 0 bridgehead atoms. The van der Waals surface area contributed by atoms with Gasteiger partial charge in [0.05, 0.1) is 6.61 Å². The van der Waals surface area contributed by atoms with Gasteiger partial charge in [0.1, 0.15) is 6.61 Å². The number of ether oxygens (including phenoxy) is 2. The minimum atomic E-state index is 0.499. The van der Waals surface area contributed by atoms with Crippen molar-refractivity contribution in [2.75, 3.05) is 13.2 Å². The molecule has 0 aromatic heterocycles. The van der Waals surface area contributed by atoms with Gasteiger partial charge in [-0.3, -0.25) is 0 Å². The maximum Gasteiger partial charge on any atom is 0.162 e. The van der Waals surface area contributed by atoms with Crippen LogP contribution in [0.25, 0.3) is 0 Å². The lowest BCUT2D eigenvalue weighted by atomic mass is 10.1. The number of nitrogens with one attached hydrogen (secondary N) is 1. The molecule has 164 valence electrons. The van der Waals surface area contributed by atoms with Gasteiger partial charge in [-0.1, -0.05) is 69.5 Å². The van der Waals surface area contributed by atoms with Crippen LogP contribution in [-0.2, 0) is 19.6 Å². The van der Waals surface area contributed by atoms with Crippen molar-refractivity contribution in [1.82, 2.24) is 5.32 Å². The van der Waals surface area contributed by atoms with Crippen LogP contribution in [0, 0.1) is 6.92 Å². The Morgan fingerprint density at radius 1 is 0.903 bits per heavy atom. The summed E-state index contributed by atoms with van der Waals surface area (Å²) in [5.41, 5.74) is 4.55. The predicted octanol–water partition coefficient (Wildman–Crippen LogP) is 7.37. The molecule has 0 spiro atoms. The van der Waals surface area contributed by atoms with E-state index in [0.717, 1.165) is 45.6 Å². The van der Waals surface area contributed by atoms with Gasteiger partial charge in [0.25, 0.3) is 0 Å². The topological polar surface area (TPSA) is 30.5 Å². The molecule has 31 heavy (non-hydrogen) atoms. The predicted molar refractivity (Wildman–Crippen MR) is 133 cm³/mol. The van der Waals surface area contributed by atoms with Crippen LogP contribution in [-0.4, -0.2) is 13.2 Å². The summed E-state index contributed by atoms with van der Waals surface area (Å²) in [6, 6.07) is 17.8. The molecule has 6 heteroatoms. The second-order valence-corrected chi connectivity index (χ2v) is 8.90. The minimum absolute atomic E-state index is 0.499. The molecule has 3 rings (SSSR count). The van der Waals surface area contributed by atoms with E-state index in [0.29, 0.717) is 29.8 Å². The molecule has 3 aromatic rings. The summed E-state index contributed by atoms with van der Waals surface area (Å²) in [6.07, 6.45) is 0.823. The van der Waals surface area contributed by atoms with Crippen molar-refractivity contribution in [2.24, 2.45) is 0 Å². The number of halogens is 3. The average molecular weight is 523 g/mol. The quantitative estimate of drug-likeness (QED) is 0.282. The van der Waals surface area contributed by atoms with E-state index in [1.54, 1.807) is 6.07 Å². The zero-order valence-electron chi connectivity index (χ0n) is 17.7. The highest BCUT2D eigenvalue weighted by Crippen LogP contribution is 2.34. The highest BCUT2D eigenvalue weighted by molar-refractivity contribution is 9.10. The van der Waals surface area contributed by atoms with Gasteiger partial charge in [0.15, 0.2) is 11.5 Å². The molecule has 0 saturated heterocycles. The first-order valence-electron chi connectivity index (χ1n) is 10.2. The maximum absolute atomic E-state index is 6.26. The molecule has 0 saturated carbocycles. The van der Waals surface area contributed by atoms with Crippen molar-refractivity contribution >= 4 is 39.1 Å². The van der Waals surface area contributed by atoms with Crippen molar-refractivity contribution < 1.29 is 9.47 Å². The van der Waals surface area contributed by atoms with E-state index < -0.39 is 0 Å². The molecule has 0 aliphatic carbocycles. The molecule has 0 fully saturated rings. The third-order valence-corrected chi connectivity index (χ3v) is 6.28. The average Bonchev–Trinajstić information content (AvgIpc) is 2.74. The van der Waals surface area contributed by atoms with E-state index in [2.05, 4.69) is 40.3 Å². The highest BCUT2D eigenvalue weighted by Gasteiger charge is 2.12. The zero-order chi connectivity index (χ0) is 22.2. The Kier molecular flexibility index (Phi) is 9.09. The molecule has 0 aliphatic heterocycles. The van der Waals surface area contributed by atoms with Crippen LogP contribution in [0.1, 0.15) is 29.2 Å². The maximum atomic E-state index is 6.26. The molecule has 3 aromatic carbocycles. The Morgan fingerprint density at radius 2 is 1.68 bits per heavy atom. The van der Waals surface area contributed by atoms with Crippen LogP contribution in [0.2, 0.25) is 10.0 Å². The largest absolute Gasteiger partial charge is 0.490 e. The number of rotatable bonds is 10. The molecular formula is C25H26BrCl2NO2. The van der Waals surface area contributed by atoms with Crippen molar-refractivity contribution in [3.05, 3.63) is 91.4 Å². The minimum Gasteiger partial charge on any atom is -0.490 e. The summed E-state index contributed by atoms with van der Waals surface area (Å²) in [4.78, 5) is 0. The first kappa shape index (κ1) is 23.9. The summed E-state index contributed by atoms with van der Waals surface area (Å²) >= 11 is 15.9. The molecule has 3 nitrogen and oxygen atoms in total. The van der Waals surface area contributed by atoms with Crippen LogP contribution in [0.15, 0.2) is 59.1 Å². The van der Waals surface area contributed by atoms with Gasteiger partial charge < -0.3 is 14.8 Å². The lowest BCUT2D eigenvalue weighted by molar-refractivity contribution is 0.268. The van der Waals surface area contributed by atoms with E-state index in [1.165, 1.54) is 5.56 Å². The Labute approximate surface area is 202 Å². The number of hydrogen-bond donors (Lipinski definition) is 1. The van der Waals surface area contributed by atoms with Crippen LogP contribution in [0.4, 0.5) is 0 Å². The van der Waals surface area contributed by atoms with Crippen LogP contribution < -0.4 is 14.8 Å². The van der Waals surface area contributed by atoms with Crippen LogP contribution in [0.3, 0.4) is 0 Å². The lowest BCUT2D eigenvalue weighted by Gasteiger charge is -2.16. The highest BCUT2D eigenvalue weighted by atomic mass is 79.9. The van der Waals surface area contributed by atoms with Crippen molar-refractivity contribution in [2.45, 2.75) is 33.4 Å². The molecule has 0 amide bonds. The van der Waals surface area contributed by atoms with E-state index in [-0.39, 0.29) is 0 Å². The first-order chi connectivity index (χ1) is 15.0. The van der Waals surface area contributed by atoms with Gasteiger partial charge in [0, 0.05) is 21.1 Å². The first-order valence-corrected chi connectivity index (χ1v) is 11.8. The second kappa shape index (κ2) is 11.8. The summed E-state index contributed by atoms with van der Waals surface area (Å²) in [5, 5.41) is 4.82. The molecule has 1 N–H and O–H groups in total. The summed E-state index contributed by atoms with van der Waals surface area (Å²) in [6.45, 7) is 6.63. The normalized spacial score (nSPS) is 10.9. The Bertz CT molecular complexity index is 1030. The van der Waals surface area contributed by atoms with Gasteiger partial charge in [-0.25, -0.2) is 0 Å². The number of benzene rings is 3. The molecule has 0 radical (unpaired) electrons. The van der Waals surface area contributed by atoms with Gasteiger partial charge in [-0.05, 0) is 73.3 Å². The zero-order valence-corrected chi connectivity index (χ0v) is 20.8. The summed E-state index contributed by atoms with van der Waals surface area (Å²) in [7, 11) is 0. The van der Waals surface area contributed by atoms with Crippen molar-refractivity contribution in [3.8, 4) is 11.5 Å². The molecule has 0 aliphatic rings. The summed E-state index contributed by atoms with van der Waals surface area (Å²) < 4.78 is 12.9. The van der Waals surface area contributed by atoms with Gasteiger partial charge >= 0.3 is 0 Å². The summed E-state index contributed by atoms with van der Waals surface area (Å²) in [5.74, 6) is 1.48. The fourth-order valence-electron chi connectivity index (χ4n) is 3.19. The van der Waals surface area contributed by atoms with Crippen LogP contribution in [0.5, 0.6) is 11.5 Å². The van der Waals surface area contributed by atoms with E-state index in [4.69, 9.17) is 32.7 Å². The van der Waals surface area contributed by atoms with Crippen LogP contribution >= 0.6 is 39.1 Å². The Balaban J connectivity index is 1.63. The van der Waals surface area contributed by atoms with Gasteiger partial charge in [0.2, 0.25) is 0 Å². The molecule has 0 heterocycles. The third-order valence-electron chi connectivity index (χ3n) is 4.96. The molecule has 0 atom stereocenters. The lowest BCUT2D eigenvalue weighted by Crippen LogP contribution is -2.17. The van der Waals surface area contributed by atoms with Crippen molar-refractivity contribution in [3.63, 3.8) is 0 Å². The Hall–Kier alpha value is -1.72. The molecular weight excluding hydrogens is 497 g/mol. The van der Waals surface area contributed by atoms with Gasteiger partial charge in [-0.2, -0.15) is 0 Å². The third kappa shape index (κ3) is 6.88. The van der Waals surface area contributed by atoms with E-state index in [1.807, 2.05) is 43.3 Å². The fraction of sp³-hybridized carbons (Fsp3) is 0.280. The van der Waals surface area contributed by atoms with Gasteiger partial charge in [-0.15, -0.1) is 0 Å². The fourth-order valence-corrected chi connectivity index (χ4v) is 4.16. The monoisotopic (exact) mass is 521 g/mol. The van der Waals surface area contributed by atoms with E-state index >= 15 is 0 Å². The number of hydrogen-bond acceptors (Lipinski definition) is 3. The second-order valence-electron chi connectivity index (χ2n) is 7.20. The Morgan fingerprint density at radius 3 is 2.42 bits per heavy atom. The van der Waals surface area contributed by atoms with Crippen molar-refractivity contribution in [1.29, 1.82) is 0 Å². The van der Waals surface area contributed by atoms with E-state index in [9.17, 15) is 0 Å². The standard InChI is InChI=1S/C25H26BrCl2NO2/c1-3-30-24-12-20(15-29-11-10-18-8-9-21(27)13-23(18)28)22(26)14-25(24)31-16-19-7-5-4-6-17(19)2/h4-9,12-14,29H,3,10-11,15-16H2,1-2H3. The smallest absolute Gasteiger partial charge is 0.162 e. The SMILES string of the molecule is CCOc1cc(CNCCc2ccc(Cl)cc2Cl)c(Br)cc1OCc1ccccc1C.